The van der Waals surface area contributed by atoms with E-state index in [9.17, 15) is 9.90 Å². The van der Waals surface area contributed by atoms with Gasteiger partial charge in [0.25, 0.3) is 5.22 Å². The van der Waals surface area contributed by atoms with Crippen LogP contribution in [0.1, 0.15) is 0 Å². The Morgan fingerprint density at radius 2 is 2.27 bits per heavy atom. The van der Waals surface area contributed by atoms with Crippen molar-refractivity contribution >= 4 is 29.0 Å². The largest absolute Gasteiger partial charge is 0.550 e. The molecule has 0 aliphatic rings. The summed E-state index contributed by atoms with van der Waals surface area (Å²) < 4.78 is 9.52. The van der Waals surface area contributed by atoms with Gasteiger partial charge in [-0.2, -0.15) is 9.90 Å². The van der Waals surface area contributed by atoms with Crippen LogP contribution in [0.25, 0.3) is 11.1 Å². The van der Waals surface area contributed by atoms with E-state index in [-0.39, 0.29) is 5.94 Å². The smallest absolute Gasteiger partial charge is 0.431 e. The number of para-hydroxylation sites is 2. The third-order valence-electron chi connectivity index (χ3n) is 1.63. The number of rotatable bonds is 3. The van der Waals surface area contributed by atoms with Crippen molar-refractivity contribution in [2.45, 2.75) is 5.22 Å². The second kappa shape index (κ2) is 4.22. The summed E-state index contributed by atoms with van der Waals surface area (Å²) in [5.74, 6) is -0.0881. The van der Waals surface area contributed by atoms with Crippen molar-refractivity contribution in [1.82, 2.24) is 4.98 Å². The van der Waals surface area contributed by atoms with E-state index in [0.717, 1.165) is 17.3 Å². The Balaban J connectivity index is 2.05. The SMILES string of the molecule is [O]C(=O)OCSc1nc2ccccc2o1. The summed E-state index contributed by atoms with van der Waals surface area (Å²) in [4.78, 5) is 14.1. The van der Waals surface area contributed by atoms with Crippen LogP contribution < -0.4 is 0 Å². The molecule has 0 bridgehead atoms. The lowest BCUT2D eigenvalue weighted by Gasteiger charge is -1.93. The lowest BCUT2D eigenvalue weighted by atomic mass is 10.3. The number of carbonyl (C=O) groups is 1. The second-order valence-corrected chi connectivity index (χ2v) is 3.48. The highest BCUT2D eigenvalue weighted by Gasteiger charge is 2.07. The van der Waals surface area contributed by atoms with Crippen molar-refractivity contribution < 1.29 is 19.1 Å². The van der Waals surface area contributed by atoms with Gasteiger partial charge in [-0.1, -0.05) is 12.1 Å². The van der Waals surface area contributed by atoms with Crippen LogP contribution in [0.5, 0.6) is 0 Å². The highest BCUT2D eigenvalue weighted by atomic mass is 32.2. The molecule has 77 valence electrons. The minimum Gasteiger partial charge on any atom is -0.431 e. The molecule has 0 amide bonds. The van der Waals surface area contributed by atoms with Gasteiger partial charge in [0.15, 0.2) is 5.58 Å². The van der Waals surface area contributed by atoms with Gasteiger partial charge in [-0.05, 0) is 23.9 Å². The van der Waals surface area contributed by atoms with Crippen molar-refractivity contribution in [3.63, 3.8) is 0 Å². The van der Waals surface area contributed by atoms with Gasteiger partial charge in [0.1, 0.15) is 11.5 Å². The van der Waals surface area contributed by atoms with Crippen LogP contribution in [0.15, 0.2) is 33.9 Å². The van der Waals surface area contributed by atoms with Crippen LogP contribution in [-0.4, -0.2) is 17.1 Å². The molecule has 0 N–H and O–H groups in total. The zero-order chi connectivity index (χ0) is 10.7. The van der Waals surface area contributed by atoms with Crippen LogP contribution in [-0.2, 0) is 9.84 Å². The first kappa shape index (κ1) is 9.85. The van der Waals surface area contributed by atoms with E-state index in [0.29, 0.717) is 10.8 Å². The number of fused-ring (bicyclic) bond motifs is 1. The van der Waals surface area contributed by atoms with Crippen molar-refractivity contribution in [3.8, 4) is 0 Å². The standard InChI is InChI=1S/C9H6NO4S/c11-9(12)13-5-15-8-10-6-3-1-2-4-7(6)14-8/h1-4H,5H2. The Bertz CT molecular complexity index is 449. The van der Waals surface area contributed by atoms with Gasteiger partial charge in [0.2, 0.25) is 0 Å². The third kappa shape index (κ3) is 2.41. The van der Waals surface area contributed by atoms with Crippen LogP contribution in [0.2, 0.25) is 0 Å². The fraction of sp³-hybridized carbons (Fsp3) is 0.111. The summed E-state index contributed by atoms with van der Waals surface area (Å²) in [7, 11) is 0. The number of oxazole rings is 1. The molecular weight excluding hydrogens is 218 g/mol. The summed E-state index contributed by atoms with van der Waals surface area (Å²) in [5, 5.41) is 10.3. The number of benzene rings is 1. The summed E-state index contributed by atoms with van der Waals surface area (Å²) in [6.07, 6.45) is -1.56. The predicted molar refractivity (Wildman–Crippen MR) is 51.9 cm³/mol. The summed E-state index contributed by atoms with van der Waals surface area (Å²) >= 11 is 1.05. The number of ether oxygens (including phenoxy) is 1. The number of nitrogens with zero attached hydrogens (tertiary/aromatic N) is 1. The Kier molecular flexibility index (Phi) is 2.77. The highest BCUT2D eigenvalue weighted by Crippen LogP contribution is 2.22. The third-order valence-corrected chi connectivity index (χ3v) is 2.29. The van der Waals surface area contributed by atoms with Crippen LogP contribution in [0, 0.1) is 0 Å². The van der Waals surface area contributed by atoms with E-state index >= 15 is 0 Å². The van der Waals surface area contributed by atoms with E-state index in [1.165, 1.54) is 0 Å². The summed E-state index contributed by atoms with van der Waals surface area (Å²) in [6.45, 7) is 0. The fourth-order valence-corrected chi connectivity index (χ4v) is 1.61. The first-order valence-corrected chi connectivity index (χ1v) is 5.06. The minimum atomic E-state index is -1.56. The number of thioether (sulfide) groups is 1. The maximum Gasteiger partial charge on any atom is 0.550 e. The molecule has 0 spiro atoms. The molecule has 0 fully saturated rings. The van der Waals surface area contributed by atoms with Gasteiger partial charge < -0.3 is 9.15 Å². The van der Waals surface area contributed by atoms with Crippen molar-refractivity contribution in [3.05, 3.63) is 24.3 Å². The Morgan fingerprint density at radius 3 is 3.00 bits per heavy atom. The molecule has 1 radical (unpaired) electrons. The Hall–Kier alpha value is -1.69. The van der Waals surface area contributed by atoms with Gasteiger partial charge in [-0.25, -0.2) is 4.98 Å². The molecule has 6 heteroatoms. The molecule has 0 unspecified atom stereocenters. The Labute approximate surface area is 89.0 Å². The molecule has 1 aromatic carbocycles. The van der Waals surface area contributed by atoms with E-state index in [1.54, 1.807) is 6.07 Å². The van der Waals surface area contributed by atoms with E-state index in [1.807, 2.05) is 18.2 Å². The quantitative estimate of drug-likeness (QED) is 0.455. The molecule has 0 aliphatic heterocycles. The zero-order valence-electron chi connectivity index (χ0n) is 7.50. The molecule has 1 heterocycles. The molecular formula is C9H6NO4S. The van der Waals surface area contributed by atoms with Crippen LogP contribution in [0.4, 0.5) is 4.79 Å². The first-order chi connectivity index (χ1) is 7.25. The molecule has 2 rings (SSSR count). The van der Waals surface area contributed by atoms with Gasteiger partial charge in [0, 0.05) is 0 Å². The number of hydrogen-bond donors (Lipinski definition) is 0. The van der Waals surface area contributed by atoms with Crippen LogP contribution >= 0.6 is 11.8 Å². The van der Waals surface area contributed by atoms with E-state index in [2.05, 4.69) is 9.72 Å². The van der Waals surface area contributed by atoms with E-state index in [4.69, 9.17) is 4.42 Å². The molecule has 1 aromatic heterocycles. The molecule has 0 aliphatic carbocycles. The van der Waals surface area contributed by atoms with Gasteiger partial charge in [-0.3, -0.25) is 0 Å². The molecule has 15 heavy (non-hydrogen) atoms. The fourth-order valence-electron chi connectivity index (χ4n) is 1.04. The normalized spacial score (nSPS) is 10.4. The number of hydrogen-bond acceptors (Lipinski definition) is 5. The molecule has 2 aromatic rings. The maximum atomic E-state index is 9.96. The monoisotopic (exact) mass is 224 g/mol. The molecule has 0 atom stereocenters. The van der Waals surface area contributed by atoms with Gasteiger partial charge in [0.05, 0.1) is 0 Å². The Morgan fingerprint density at radius 1 is 1.47 bits per heavy atom. The van der Waals surface area contributed by atoms with Gasteiger partial charge >= 0.3 is 6.16 Å². The van der Waals surface area contributed by atoms with Crippen molar-refractivity contribution in [2.24, 2.45) is 0 Å². The van der Waals surface area contributed by atoms with Crippen molar-refractivity contribution in [1.29, 1.82) is 0 Å². The highest BCUT2D eigenvalue weighted by molar-refractivity contribution is 7.98. The first-order valence-electron chi connectivity index (χ1n) is 4.08. The van der Waals surface area contributed by atoms with Crippen molar-refractivity contribution in [2.75, 3.05) is 5.94 Å². The lowest BCUT2D eigenvalue weighted by Crippen LogP contribution is -1.96. The second-order valence-electron chi connectivity index (χ2n) is 2.60. The van der Waals surface area contributed by atoms with Crippen LogP contribution in [0.3, 0.4) is 0 Å². The van der Waals surface area contributed by atoms with Gasteiger partial charge in [-0.15, -0.1) is 0 Å². The summed E-state index contributed by atoms with van der Waals surface area (Å²) in [5.41, 5.74) is 1.39. The maximum absolute atomic E-state index is 9.96. The zero-order valence-corrected chi connectivity index (χ0v) is 8.32. The average molecular weight is 224 g/mol. The lowest BCUT2D eigenvalue weighted by molar-refractivity contribution is 0.0830. The average Bonchev–Trinajstić information content (AvgIpc) is 2.59. The summed E-state index contributed by atoms with van der Waals surface area (Å²) in [6, 6.07) is 7.27. The topological polar surface area (TPSA) is 72.2 Å². The number of carbonyl (C=O) groups excluding carboxylic acids is 1. The predicted octanol–water partition coefficient (Wildman–Crippen LogP) is 2.44. The molecule has 5 nitrogen and oxygen atoms in total. The van der Waals surface area contributed by atoms with E-state index < -0.39 is 6.16 Å². The molecule has 0 saturated carbocycles. The molecule has 0 saturated heterocycles. The minimum absolute atomic E-state index is 0.0881. The number of aromatic nitrogens is 1.